The number of nitrogens with zero attached hydrogens (tertiary/aromatic N) is 4. The van der Waals surface area contributed by atoms with Crippen LogP contribution in [0.1, 0.15) is 29.8 Å². The lowest BCUT2D eigenvalue weighted by molar-refractivity contribution is -0.142. The molecule has 0 bridgehead atoms. The Bertz CT molecular complexity index is 859. The third kappa shape index (κ3) is 3.63. The minimum Gasteiger partial charge on any atom is -0.370 e. The highest BCUT2D eigenvalue weighted by atomic mass is 19.4. The van der Waals surface area contributed by atoms with Gasteiger partial charge in [0, 0.05) is 11.3 Å². The van der Waals surface area contributed by atoms with Crippen LogP contribution in [0.4, 0.5) is 18.9 Å². The van der Waals surface area contributed by atoms with E-state index >= 15 is 0 Å². The van der Waals surface area contributed by atoms with Gasteiger partial charge in [0.25, 0.3) is 0 Å². The Labute approximate surface area is 147 Å². The molecule has 1 aliphatic carbocycles. The van der Waals surface area contributed by atoms with E-state index in [1.54, 1.807) is 24.3 Å². The second-order valence-corrected chi connectivity index (χ2v) is 5.91. The third-order valence-corrected chi connectivity index (χ3v) is 4.03. The maximum absolute atomic E-state index is 13.3. The second-order valence-electron chi connectivity index (χ2n) is 5.91. The Morgan fingerprint density at radius 2 is 1.69 bits per heavy atom. The minimum atomic E-state index is -4.47. The Morgan fingerprint density at radius 3 is 2.31 bits per heavy atom. The summed E-state index contributed by atoms with van der Waals surface area (Å²) in [5.41, 5.74) is 17.1. The van der Waals surface area contributed by atoms with Gasteiger partial charge in [-0.05, 0) is 49.9 Å². The minimum absolute atomic E-state index is 0.117. The van der Waals surface area contributed by atoms with Gasteiger partial charge in [0.1, 0.15) is 0 Å². The third-order valence-electron chi connectivity index (χ3n) is 4.03. The summed E-state index contributed by atoms with van der Waals surface area (Å²) in [5, 5.41) is 3.84. The zero-order chi connectivity index (χ0) is 18.9. The van der Waals surface area contributed by atoms with Crippen LogP contribution in [0.15, 0.2) is 34.3 Å². The van der Waals surface area contributed by atoms with Crippen LogP contribution in [0, 0.1) is 0 Å². The summed E-state index contributed by atoms with van der Waals surface area (Å²) in [6.07, 6.45) is -1.93. The molecule has 138 valence electrons. The van der Waals surface area contributed by atoms with Crippen molar-refractivity contribution >= 4 is 17.6 Å². The Balaban J connectivity index is 1.98. The van der Waals surface area contributed by atoms with E-state index in [0.29, 0.717) is 35.5 Å². The van der Waals surface area contributed by atoms with Crippen LogP contribution in [-0.2, 0) is 19.0 Å². The lowest BCUT2D eigenvalue weighted by atomic mass is 9.95. The van der Waals surface area contributed by atoms with E-state index in [1.165, 1.54) is 4.68 Å². The molecule has 1 aromatic carbocycles. The molecule has 10 heteroatoms. The van der Waals surface area contributed by atoms with Gasteiger partial charge in [-0.25, -0.2) is 9.67 Å². The first-order chi connectivity index (χ1) is 12.3. The summed E-state index contributed by atoms with van der Waals surface area (Å²) in [6, 6.07) is 6.47. The number of guanidine groups is 2. The zero-order valence-electron chi connectivity index (χ0n) is 13.8. The van der Waals surface area contributed by atoms with Gasteiger partial charge in [0.05, 0.1) is 11.4 Å². The largest absolute Gasteiger partial charge is 0.435 e. The highest BCUT2D eigenvalue weighted by Gasteiger charge is 2.39. The first-order valence-electron chi connectivity index (χ1n) is 7.98. The van der Waals surface area contributed by atoms with Crippen molar-refractivity contribution < 1.29 is 13.2 Å². The van der Waals surface area contributed by atoms with Crippen molar-refractivity contribution in [3.05, 3.63) is 41.2 Å². The molecule has 1 aliphatic rings. The SMILES string of the molecule is NC(N)=NC(N)=Nc1ccc(-n2nc(C(F)(F)F)c3c2CCCC3)cc1. The fourth-order valence-corrected chi connectivity index (χ4v) is 3.00. The molecule has 0 saturated carbocycles. The van der Waals surface area contributed by atoms with E-state index in [4.69, 9.17) is 17.2 Å². The lowest BCUT2D eigenvalue weighted by Crippen LogP contribution is -2.26. The molecule has 0 unspecified atom stereocenters. The van der Waals surface area contributed by atoms with E-state index in [0.717, 1.165) is 12.8 Å². The Kier molecular flexibility index (Phi) is 4.58. The van der Waals surface area contributed by atoms with Gasteiger partial charge in [-0.15, -0.1) is 0 Å². The second kappa shape index (κ2) is 6.70. The van der Waals surface area contributed by atoms with Crippen LogP contribution in [0.2, 0.25) is 0 Å². The van der Waals surface area contributed by atoms with Crippen molar-refractivity contribution in [1.82, 2.24) is 9.78 Å². The molecule has 0 aliphatic heterocycles. The van der Waals surface area contributed by atoms with Gasteiger partial charge in [0.2, 0.25) is 5.96 Å². The van der Waals surface area contributed by atoms with Crippen molar-refractivity contribution in [1.29, 1.82) is 0 Å². The predicted molar refractivity (Wildman–Crippen MR) is 92.3 cm³/mol. The predicted octanol–water partition coefficient (Wildman–Crippen LogP) is 1.99. The fourth-order valence-electron chi connectivity index (χ4n) is 3.00. The summed E-state index contributed by atoms with van der Waals surface area (Å²) in [7, 11) is 0. The van der Waals surface area contributed by atoms with E-state index in [9.17, 15) is 13.2 Å². The van der Waals surface area contributed by atoms with Crippen LogP contribution in [0.25, 0.3) is 5.69 Å². The first kappa shape index (κ1) is 17.8. The number of rotatable bonds is 2. The van der Waals surface area contributed by atoms with E-state index in [-0.39, 0.29) is 11.9 Å². The molecule has 3 rings (SSSR count). The summed E-state index contributed by atoms with van der Waals surface area (Å²) in [4.78, 5) is 7.60. The normalized spacial score (nSPS) is 14.8. The number of alkyl halides is 3. The smallest absolute Gasteiger partial charge is 0.370 e. The van der Waals surface area contributed by atoms with Crippen molar-refractivity contribution in [3.8, 4) is 5.69 Å². The quantitative estimate of drug-likeness (QED) is 0.557. The van der Waals surface area contributed by atoms with E-state index < -0.39 is 11.9 Å². The summed E-state index contributed by atoms with van der Waals surface area (Å²) < 4.78 is 41.2. The van der Waals surface area contributed by atoms with Crippen molar-refractivity contribution in [2.24, 2.45) is 27.2 Å². The van der Waals surface area contributed by atoms with Gasteiger partial charge in [-0.2, -0.15) is 23.3 Å². The molecule has 7 nitrogen and oxygen atoms in total. The molecule has 6 N–H and O–H groups in total. The molecule has 0 saturated heterocycles. The average Bonchev–Trinajstić information content (AvgIpc) is 2.95. The Hall–Kier alpha value is -3.04. The number of hydrogen-bond acceptors (Lipinski definition) is 2. The number of nitrogens with two attached hydrogens (primary N) is 3. The van der Waals surface area contributed by atoms with Gasteiger partial charge >= 0.3 is 6.18 Å². The number of hydrogen-bond donors (Lipinski definition) is 3. The average molecular weight is 365 g/mol. The van der Waals surface area contributed by atoms with Crippen LogP contribution in [-0.4, -0.2) is 21.7 Å². The number of aliphatic imine (C=N–C) groups is 2. The molecular formula is C16H18F3N7. The maximum atomic E-state index is 13.3. The molecule has 0 radical (unpaired) electrons. The van der Waals surface area contributed by atoms with E-state index in [2.05, 4.69) is 15.1 Å². The van der Waals surface area contributed by atoms with Crippen LogP contribution < -0.4 is 17.2 Å². The monoisotopic (exact) mass is 365 g/mol. The number of fused-ring (bicyclic) bond motifs is 1. The highest BCUT2D eigenvalue weighted by Crippen LogP contribution is 2.36. The fraction of sp³-hybridized carbons (Fsp3) is 0.312. The molecule has 1 aromatic heterocycles. The van der Waals surface area contributed by atoms with Crippen molar-refractivity contribution in [2.45, 2.75) is 31.9 Å². The maximum Gasteiger partial charge on any atom is 0.435 e. The zero-order valence-corrected chi connectivity index (χ0v) is 13.8. The lowest BCUT2D eigenvalue weighted by Gasteiger charge is -2.14. The van der Waals surface area contributed by atoms with Crippen molar-refractivity contribution in [3.63, 3.8) is 0 Å². The summed E-state index contributed by atoms with van der Waals surface area (Å²) >= 11 is 0. The standard InChI is InChI=1S/C16H18F3N7/c17-16(18,19)13-11-3-1-2-4-12(11)26(25-13)10-7-5-9(6-8-10)23-15(22)24-14(20)21/h5-8H,1-4H2,(H6,20,21,22,23,24). The molecule has 0 fully saturated rings. The highest BCUT2D eigenvalue weighted by molar-refractivity contribution is 5.93. The summed E-state index contributed by atoms with van der Waals surface area (Å²) in [6.45, 7) is 0. The van der Waals surface area contributed by atoms with Gasteiger partial charge in [-0.3, -0.25) is 0 Å². The number of benzene rings is 1. The number of aromatic nitrogens is 2. The van der Waals surface area contributed by atoms with Crippen LogP contribution in [0.5, 0.6) is 0 Å². The molecule has 2 aromatic rings. The molecular weight excluding hydrogens is 347 g/mol. The molecule has 26 heavy (non-hydrogen) atoms. The molecule has 0 spiro atoms. The number of halogens is 3. The van der Waals surface area contributed by atoms with Gasteiger partial charge in [-0.1, -0.05) is 0 Å². The molecule has 1 heterocycles. The molecule has 0 amide bonds. The van der Waals surface area contributed by atoms with Gasteiger partial charge < -0.3 is 17.2 Å². The van der Waals surface area contributed by atoms with Gasteiger partial charge in [0.15, 0.2) is 11.7 Å². The van der Waals surface area contributed by atoms with E-state index in [1.807, 2.05) is 0 Å². The van der Waals surface area contributed by atoms with Crippen LogP contribution in [0.3, 0.4) is 0 Å². The summed E-state index contributed by atoms with van der Waals surface area (Å²) in [5.74, 6) is -0.334. The van der Waals surface area contributed by atoms with Crippen molar-refractivity contribution in [2.75, 3.05) is 0 Å². The Morgan fingerprint density at radius 1 is 1.04 bits per heavy atom. The molecule has 0 atom stereocenters. The van der Waals surface area contributed by atoms with Crippen LogP contribution >= 0.6 is 0 Å². The first-order valence-corrected chi connectivity index (χ1v) is 7.98. The topological polar surface area (TPSA) is 121 Å².